The molecule has 0 bridgehead atoms. The van der Waals surface area contributed by atoms with Gasteiger partial charge in [0, 0.05) is 23.1 Å². The highest BCUT2D eigenvalue weighted by Crippen LogP contribution is 2.37. The molecule has 1 aromatic carbocycles. The first kappa shape index (κ1) is 16.7. The summed E-state index contributed by atoms with van der Waals surface area (Å²) in [6.07, 6.45) is 2.62. The van der Waals surface area contributed by atoms with Crippen molar-refractivity contribution < 1.29 is 18.7 Å². The number of benzene rings is 1. The molecule has 1 saturated carbocycles. The number of carbonyl (C=O) groups is 1. The molecule has 1 fully saturated rings. The van der Waals surface area contributed by atoms with Crippen molar-refractivity contribution in [1.29, 1.82) is 0 Å². The van der Waals surface area contributed by atoms with Crippen LogP contribution in [0.25, 0.3) is 0 Å². The maximum Gasteiger partial charge on any atom is 0.315 e. The molecule has 3 unspecified atom stereocenters. The summed E-state index contributed by atoms with van der Waals surface area (Å²) < 4.78 is 26.6. The minimum absolute atomic E-state index is 0.0140. The van der Waals surface area contributed by atoms with Gasteiger partial charge in [-0.3, -0.25) is 0 Å². The van der Waals surface area contributed by atoms with Crippen LogP contribution in [-0.2, 0) is 0 Å². The lowest BCUT2D eigenvalue weighted by atomic mass is 9.86. The minimum Gasteiger partial charge on any atom is -0.396 e. The second-order valence-electron chi connectivity index (χ2n) is 6.26. The van der Waals surface area contributed by atoms with E-state index in [2.05, 4.69) is 10.6 Å². The topological polar surface area (TPSA) is 61.4 Å². The lowest BCUT2D eigenvalue weighted by molar-refractivity contribution is 0.121. The number of aliphatic hydroxyl groups excluding tert-OH is 1. The molecule has 3 N–H and O–H groups in total. The molecular weight excluding hydrogens is 290 g/mol. The Bertz CT molecular complexity index is 553. The Balaban J connectivity index is 1.97. The third-order valence-corrected chi connectivity index (χ3v) is 4.53. The number of halogens is 2. The van der Waals surface area contributed by atoms with Crippen LogP contribution in [0.5, 0.6) is 0 Å². The van der Waals surface area contributed by atoms with Crippen LogP contribution in [0.3, 0.4) is 0 Å². The largest absolute Gasteiger partial charge is 0.396 e. The zero-order valence-corrected chi connectivity index (χ0v) is 12.8. The minimum atomic E-state index is -0.686. The second-order valence-corrected chi connectivity index (χ2v) is 6.26. The number of carbonyl (C=O) groups excluding carboxylic acids is 1. The molecule has 6 heteroatoms. The van der Waals surface area contributed by atoms with E-state index in [1.54, 1.807) is 6.92 Å². The first-order valence-electron chi connectivity index (χ1n) is 7.48. The number of rotatable bonds is 4. The first-order valence-corrected chi connectivity index (χ1v) is 7.48. The molecule has 3 atom stereocenters. The molecular formula is C16H22F2N2O2. The Labute approximate surface area is 128 Å². The van der Waals surface area contributed by atoms with E-state index in [-0.39, 0.29) is 23.6 Å². The van der Waals surface area contributed by atoms with Crippen LogP contribution in [0.1, 0.15) is 44.7 Å². The Morgan fingerprint density at radius 1 is 1.50 bits per heavy atom. The second kappa shape index (κ2) is 6.60. The molecule has 4 nitrogen and oxygen atoms in total. The molecule has 22 heavy (non-hydrogen) atoms. The SMILES string of the molecule is CC(NC(=O)NC1CCCC1(C)CO)c1ccc(F)cc1F. The van der Waals surface area contributed by atoms with Crippen molar-refractivity contribution in [2.24, 2.45) is 5.41 Å². The van der Waals surface area contributed by atoms with E-state index < -0.39 is 23.7 Å². The van der Waals surface area contributed by atoms with E-state index in [0.717, 1.165) is 31.4 Å². The third kappa shape index (κ3) is 3.55. The van der Waals surface area contributed by atoms with Gasteiger partial charge in [-0.05, 0) is 25.8 Å². The fourth-order valence-corrected chi connectivity index (χ4v) is 3.00. The summed E-state index contributed by atoms with van der Waals surface area (Å²) >= 11 is 0. The van der Waals surface area contributed by atoms with Crippen LogP contribution in [0, 0.1) is 17.0 Å². The van der Waals surface area contributed by atoms with Gasteiger partial charge < -0.3 is 15.7 Å². The van der Waals surface area contributed by atoms with Crippen LogP contribution in [0.2, 0.25) is 0 Å². The van der Waals surface area contributed by atoms with Crippen molar-refractivity contribution in [2.45, 2.75) is 45.2 Å². The van der Waals surface area contributed by atoms with Crippen molar-refractivity contribution in [3.8, 4) is 0 Å². The summed E-state index contributed by atoms with van der Waals surface area (Å²) in [4.78, 5) is 12.1. The first-order chi connectivity index (χ1) is 10.4. The normalized spacial score (nSPS) is 25.8. The van der Waals surface area contributed by atoms with Crippen molar-refractivity contribution in [3.05, 3.63) is 35.4 Å². The molecule has 2 amide bonds. The maximum atomic E-state index is 13.7. The Kier molecular flexibility index (Phi) is 5.01. The van der Waals surface area contributed by atoms with Crippen LogP contribution in [-0.4, -0.2) is 23.8 Å². The Morgan fingerprint density at radius 3 is 2.86 bits per heavy atom. The van der Waals surface area contributed by atoms with Gasteiger partial charge in [0.2, 0.25) is 0 Å². The average Bonchev–Trinajstić information content (AvgIpc) is 2.80. The van der Waals surface area contributed by atoms with E-state index in [0.29, 0.717) is 0 Å². The molecule has 0 radical (unpaired) electrons. The van der Waals surface area contributed by atoms with Crippen LogP contribution in [0.4, 0.5) is 13.6 Å². The zero-order valence-electron chi connectivity index (χ0n) is 12.8. The monoisotopic (exact) mass is 312 g/mol. The molecule has 0 spiro atoms. The van der Waals surface area contributed by atoms with Gasteiger partial charge in [-0.15, -0.1) is 0 Å². The highest BCUT2D eigenvalue weighted by molar-refractivity contribution is 5.75. The van der Waals surface area contributed by atoms with Gasteiger partial charge in [-0.25, -0.2) is 13.6 Å². The van der Waals surface area contributed by atoms with Crippen molar-refractivity contribution in [3.63, 3.8) is 0 Å². The number of amides is 2. The number of hydrogen-bond acceptors (Lipinski definition) is 2. The molecule has 122 valence electrons. The van der Waals surface area contributed by atoms with Gasteiger partial charge in [0.05, 0.1) is 12.6 Å². The summed E-state index contributed by atoms with van der Waals surface area (Å²) in [5.74, 6) is -1.34. The van der Waals surface area contributed by atoms with E-state index in [4.69, 9.17) is 0 Å². The van der Waals surface area contributed by atoms with Gasteiger partial charge in [0.1, 0.15) is 11.6 Å². The van der Waals surface area contributed by atoms with Crippen molar-refractivity contribution in [1.82, 2.24) is 10.6 Å². The summed E-state index contributed by atoms with van der Waals surface area (Å²) in [6, 6.07) is 2.18. The summed E-state index contributed by atoms with van der Waals surface area (Å²) in [5.41, 5.74) is -0.0882. The van der Waals surface area contributed by atoms with Gasteiger partial charge >= 0.3 is 6.03 Å². The number of nitrogens with one attached hydrogen (secondary N) is 2. The lowest BCUT2D eigenvalue weighted by Crippen LogP contribution is -2.49. The van der Waals surface area contributed by atoms with Crippen molar-refractivity contribution >= 4 is 6.03 Å². The van der Waals surface area contributed by atoms with Crippen LogP contribution >= 0.6 is 0 Å². The van der Waals surface area contributed by atoms with Crippen molar-refractivity contribution in [2.75, 3.05) is 6.61 Å². The smallest absolute Gasteiger partial charge is 0.315 e. The average molecular weight is 312 g/mol. The van der Waals surface area contributed by atoms with E-state index in [9.17, 15) is 18.7 Å². The third-order valence-electron chi connectivity index (χ3n) is 4.53. The van der Waals surface area contributed by atoms with E-state index in [1.807, 2.05) is 6.92 Å². The highest BCUT2D eigenvalue weighted by Gasteiger charge is 2.39. The summed E-state index contributed by atoms with van der Waals surface area (Å²) in [5, 5.41) is 15.0. The summed E-state index contributed by atoms with van der Waals surface area (Å²) in [6.45, 7) is 3.59. The molecule has 1 aliphatic rings. The summed E-state index contributed by atoms with van der Waals surface area (Å²) in [7, 11) is 0. The van der Waals surface area contributed by atoms with E-state index >= 15 is 0 Å². The van der Waals surface area contributed by atoms with Gasteiger partial charge in [-0.1, -0.05) is 19.4 Å². The van der Waals surface area contributed by atoms with Crippen LogP contribution < -0.4 is 10.6 Å². The number of hydrogen-bond donors (Lipinski definition) is 3. The molecule has 2 rings (SSSR count). The molecule has 0 saturated heterocycles. The zero-order chi connectivity index (χ0) is 16.3. The molecule has 1 aromatic rings. The number of urea groups is 1. The predicted octanol–water partition coefficient (Wildman–Crippen LogP) is 2.88. The highest BCUT2D eigenvalue weighted by atomic mass is 19.1. The number of aliphatic hydroxyl groups is 1. The maximum absolute atomic E-state index is 13.7. The standard InChI is InChI=1S/C16H22F2N2O2/c1-10(12-6-5-11(17)8-13(12)18)19-15(22)20-14-4-3-7-16(14,2)9-21/h5-6,8,10,14,21H,3-4,7,9H2,1-2H3,(H2,19,20,22). The quantitative estimate of drug-likeness (QED) is 0.800. The molecule has 0 aromatic heterocycles. The molecule has 0 aliphatic heterocycles. The van der Waals surface area contributed by atoms with Crippen LogP contribution in [0.15, 0.2) is 18.2 Å². The van der Waals surface area contributed by atoms with Gasteiger partial charge in [-0.2, -0.15) is 0 Å². The Morgan fingerprint density at radius 2 is 2.23 bits per heavy atom. The fourth-order valence-electron chi connectivity index (χ4n) is 3.00. The Hall–Kier alpha value is -1.69. The molecule has 0 heterocycles. The van der Waals surface area contributed by atoms with Gasteiger partial charge in [0.15, 0.2) is 0 Å². The predicted molar refractivity (Wildman–Crippen MR) is 79.3 cm³/mol. The lowest BCUT2D eigenvalue weighted by Gasteiger charge is -2.30. The van der Waals surface area contributed by atoms with E-state index in [1.165, 1.54) is 6.07 Å². The van der Waals surface area contributed by atoms with Gasteiger partial charge in [0.25, 0.3) is 0 Å². The fraction of sp³-hybridized carbons (Fsp3) is 0.562. The molecule has 1 aliphatic carbocycles.